The summed E-state index contributed by atoms with van der Waals surface area (Å²) in [4.78, 5) is 23.9. The first-order valence-corrected chi connectivity index (χ1v) is 11.3. The van der Waals surface area contributed by atoms with Gasteiger partial charge in [-0.25, -0.2) is 9.97 Å². The number of rotatable bonds is 8. The minimum atomic E-state index is -0.0613. The monoisotopic (exact) mass is 430 g/mol. The Balaban J connectivity index is 1.34. The highest BCUT2D eigenvalue weighted by Gasteiger charge is 2.28. The molecule has 1 amide bonds. The summed E-state index contributed by atoms with van der Waals surface area (Å²) in [5.74, 6) is 1.99. The largest absolute Gasteiger partial charge is 0.436 e. The third-order valence-corrected chi connectivity index (χ3v) is 5.82. The Morgan fingerprint density at radius 3 is 2.72 bits per heavy atom. The molecule has 6 nitrogen and oxygen atoms in total. The average molecular weight is 431 g/mol. The topological polar surface area (TPSA) is 67.4 Å². The van der Waals surface area contributed by atoms with E-state index in [4.69, 9.17) is 4.74 Å². The summed E-state index contributed by atoms with van der Waals surface area (Å²) in [6.45, 7) is 4.15. The molecule has 0 aliphatic carbocycles. The molecule has 1 saturated heterocycles. The van der Waals surface area contributed by atoms with Gasteiger partial charge < -0.3 is 15.0 Å². The first-order valence-electron chi connectivity index (χ1n) is 11.3. The lowest BCUT2D eigenvalue weighted by atomic mass is 9.97. The lowest BCUT2D eigenvalue weighted by Gasteiger charge is -2.33. The molecule has 2 aromatic carbocycles. The van der Waals surface area contributed by atoms with Crippen LogP contribution in [-0.4, -0.2) is 35.5 Å². The van der Waals surface area contributed by atoms with E-state index >= 15 is 0 Å². The molecule has 3 aromatic rings. The maximum Gasteiger partial charge on any atom is 0.263 e. The number of carbonyl (C=O) groups is 1. The first-order chi connectivity index (χ1) is 15.7. The van der Waals surface area contributed by atoms with Crippen LogP contribution in [0.3, 0.4) is 0 Å². The summed E-state index contributed by atoms with van der Waals surface area (Å²) < 4.78 is 6.09. The van der Waals surface area contributed by atoms with Crippen LogP contribution in [0.2, 0.25) is 0 Å². The molecule has 1 aromatic heterocycles. The van der Waals surface area contributed by atoms with Crippen molar-refractivity contribution in [3.8, 4) is 11.6 Å². The molecule has 2 heterocycles. The van der Waals surface area contributed by atoms with E-state index in [0.29, 0.717) is 24.8 Å². The number of nitrogens with one attached hydrogen (secondary N) is 1. The molecule has 1 fully saturated rings. The Labute approximate surface area is 189 Å². The standard InChI is InChI=1S/C26H30N4O2/c1-20-9-5-6-14-23(20)32-26-24(27-16-17-29-26)30-18-8-13-22(19-30)25(31)28-15-7-12-21-10-3-2-4-11-21/h2-6,9-11,14,16-17,22H,7-8,12-13,15,18-19H2,1H3,(H,28,31)/t22-/m0/s1. The third kappa shape index (κ3) is 5.63. The predicted octanol–water partition coefficient (Wildman–Crippen LogP) is 4.54. The number of hydrogen-bond donors (Lipinski definition) is 1. The highest BCUT2D eigenvalue weighted by molar-refractivity contribution is 5.79. The Kier molecular flexibility index (Phi) is 7.33. The molecule has 0 unspecified atom stereocenters. The number of para-hydroxylation sites is 1. The van der Waals surface area contributed by atoms with Crippen LogP contribution in [0.15, 0.2) is 67.0 Å². The molecule has 1 aliphatic heterocycles. The summed E-state index contributed by atoms with van der Waals surface area (Å²) in [5, 5.41) is 3.12. The van der Waals surface area contributed by atoms with E-state index in [2.05, 4.69) is 32.3 Å². The second-order valence-corrected chi connectivity index (χ2v) is 8.22. The van der Waals surface area contributed by atoms with Gasteiger partial charge in [0.25, 0.3) is 5.88 Å². The second-order valence-electron chi connectivity index (χ2n) is 8.22. The Morgan fingerprint density at radius 2 is 1.88 bits per heavy atom. The van der Waals surface area contributed by atoms with Crippen LogP contribution in [0.25, 0.3) is 0 Å². The Bertz CT molecular complexity index is 1030. The number of anilines is 1. The van der Waals surface area contributed by atoms with Crippen molar-refractivity contribution in [2.45, 2.75) is 32.6 Å². The van der Waals surface area contributed by atoms with Crippen LogP contribution in [0.1, 0.15) is 30.4 Å². The van der Waals surface area contributed by atoms with Crippen molar-refractivity contribution in [2.24, 2.45) is 5.92 Å². The SMILES string of the molecule is Cc1ccccc1Oc1nccnc1N1CCC[C@H](C(=O)NCCCc2ccccc2)C1. The number of benzene rings is 2. The van der Waals surface area contributed by atoms with Crippen molar-refractivity contribution in [1.82, 2.24) is 15.3 Å². The summed E-state index contributed by atoms with van der Waals surface area (Å²) in [6.07, 6.45) is 7.03. The number of carbonyl (C=O) groups excluding carboxylic acids is 1. The van der Waals surface area contributed by atoms with Crippen molar-refractivity contribution in [1.29, 1.82) is 0 Å². The Hall–Kier alpha value is -3.41. The third-order valence-electron chi connectivity index (χ3n) is 5.82. The summed E-state index contributed by atoms with van der Waals surface area (Å²) in [7, 11) is 0. The number of nitrogens with zero attached hydrogens (tertiary/aromatic N) is 3. The zero-order chi connectivity index (χ0) is 22.2. The van der Waals surface area contributed by atoms with Crippen LogP contribution in [0.4, 0.5) is 5.82 Å². The smallest absolute Gasteiger partial charge is 0.263 e. The van der Waals surface area contributed by atoms with Gasteiger partial charge in [0.15, 0.2) is 5.82 Å². The zero-order valence-corrected chi connectivity index (χ0v) is 18.5. The second kappa shape index (κ2) is 10.8. The summed E-state index contributed by atoms with van der Waals surface area (Å²) in [5.41, 5.74) is 2.34. The van der Waals surface area contributed by atoms with Gasteiger partial charge in [0.05, 0.1) is 5.92 Å². The molecule has 0 radical (unpaired) electrons. The van der Waals surface area contributed by atoms with E-state index in [-0.39, 0.29) is 11.8 Å². The fourth-order valence-electron chi connectivity index (χ4n) is 4.06. The van der Waals surface area contributed by atoms with Crippen molar-refractivity contribution >= 4 is 11.7 Å². The molecule has 0 spiro atoms. The number of aryl methyl sites for hydroxylation is 2. The molecule has 1 aliphatic rings. The van der Waals surface area contributed by atoms with Gasteiger partial charge in [-0.15, -0.1) is 0 Å². The normalized spacial score (nSPS) is 15.9. The zero-order valence-electron chi connectivity index (χ0n) is 18.5. The van der Waals surface area contributed by atoms with Crippen LogP contribution in [0, 0.1) is 12.8 Å². The number of ether oxygens (including phenoxy) is 1. The van der Waals surface area contributed by atoms with Crippen molar-refractivity contribution in [3.63, 3.8) is 0 Å². The minimum Gasteiger partial charge on any atom is -0.436 e. The first kappa shape index (κ1) is 21.8. The van der Waals surface area contributed by atoms with Gasteiger partial charge in [-0.1, -0.05) is 48.5 Å². The molecule has 4 rings (SSSR count). The van der Waals surface area contributed by atoms with Gasteiger partial charge in [0.2, 0.25) is 5.91 Å². The molecular formula is C26H30N4O2. The number of piperidine rings is 1. The number of hydrogen-bond acceptors (Lipinski definition) is 5. The average Bonchev–Trinajstić information content (AvgIpc) is 2.84. The number of amides is 1. The van der Waals surface area contributed by atoms with Crippen molar-refractivity contribution in [2.75, 3.05) is 24.5 Å². The molecular weight excluding hydrogens is 400 g/mol. The lowest BCUT2D eigenvalue weighted by molar-refractivity contribution is -0.125. The molecule has 0 saturated carbocycles. The van der Waals surface area contributed by atoms with Crippen LogP contribution in [-0.2, 0) is 11.2 Å². The van der Waals surface area contributed by atoms with Crippen LogP contribution in [0.5, 0.6) is 11.6 Å². The van der Waals surface area contributed by atoms with Gasteiger partial charge in [-0.05, 0) is 49.8 Å². The molecule has 6 heteroatoms. The maximum atomic E-state index is 12.8. The fraction of sp³-hybridized carbons (Fsp3) is 0.346. The van der Waals surface area contributed by atoms with E-state index in [1.54, 1.807) is 12.4 Å². The highest BCUT2D eigenvalue weighted by Crippen LogP contribution is 2.32. The van der Waals surface area contributed by atoms with Crippen molar-refractivity contribution < 1.29 is 9.53 Å². The van der Waals surface area contributed by atoms with Crippen LogP contribution >= 0.6 is 0 Å². The molecule has 32 heavy (non-hydrogen) atoms. The van der Waals surface area contributed by atoms with E-state index < -0.39 is 0 Å². The highest BCUT2D eigenvalue weighted by atomic mass is 16.5. The summed E-state index contributed by atoms with van der Waals surface area (Å²) in [6, 6.07) is 18.2. The Morgan fingerprint density at radius 1 is 1.09 bits per heavy atom. The van der Waals surface area contributed by atoms with Crippen molar-refractivity contribution in [3.05, 3.63) is 78.1 Å². The predicted molar refractivity (Wildman–Crippen MR) is 126 cm³/mol. The van der Waals surface area contributed by atoms with Gasteiger partial charge in [0.1, 0.15) is 5.75 Å². The van der Waals surface area contributed by atoms with Gasteiger partial charge in [-0.2, -0.15) is 0 Å². The minimum absolute atomic E-state index is 0.0613. The molecule has 1 atom stereocenters. The van der Waals surface area contributed by atoms with E-state index in [9.17, 15) is 4.79 Å². The van der Waals surface area contributed by atoms with Gasteiger partial charge in [0, 0.05) is 32.0 Å². The van der Waals surface area contributed by atoms with Gasteiger partial charge >= 0.3 is 0 Å². The quantitative estimate of drug-likeness (QED) is 0.532. The fourth-order valence-corrected chi connectivity index (χ4v) is 4.06. The number of aromatic nitrogens is 2. The summed E-state index contributed by atoms with van der Waals surface area (Å²) >= 11 is 0. The maximum absolute atomic E-state index is 12.8. The molecule has 1 N–H and O–H groups in total. The van der Waals surface area contributed by atoms with E-state index in [1.807, 2.05) is 49.4 Å². The van der Waals surface area contributed by atoms with Crippen LogP contribution < -0.4 is 15.0 Å². The lowest BCUT2D eigenvalue weighted by Crippen LogP contribution is -2.43. The van der Waals surface area contributed by atoms with Gasteiger partial charge in [-0.3, -0.25) is 4.79 Å². The van der Waals surface area contributed by atoms with E-state index in [0.717, 1.165) is 43.5 Å². The molecule has 166 valence electrons. The van der Waals surface area contributed by atoms with E-state index in [1.165, 1.54) is 5.56 Å². The molecule has 0 bridgehead atoms.